The molecule has 7 nitrogen and oxygen atoms in total. The van der Waals surface area contributed by atoms with Gasteiger partial charge in [-0.3, -0.25) is 4.79 Å². The number of nitrogens with one attached hydrogen (secondary N) is 1. The highest BCUT2D eigenvalue weighted by Crippen LogP contribution is 2.31. The summed E-state index contributed by atoms with van der Waals surface area (Å²) in [6.07, 6.45) is 1.86. The number of hydrogen-bond donors (Lipinski definition) is 1. The lowest BCUT2D eigenvalue weighted by atomic mass is 9.95. The largest absolute Gasteiger partial charge is 0.385 e. The molecule has 3 amide bonds. The molecule has 1 aromatic rings. The van der Waals surface area contributed by atoms with Crippen LogP contribution in [0.25, 0.3) is 0 Å². The Morgan fingerprint density at radius 2 is 2.19 bits per heavy atom. The maximum atomic E-state index is 12.9. The second-order valence-electron chi connectivity index (χ2n) is 7.34. The molecular formula is C20H29N3O4. The summed E-state index contributed by atoms with van der Waals surface area (Å²) in [5.74, 6) is 0.0859. The number of methoxy groups -OCH3 is 1. The zero-order valence-corrected chi connectivity index (χ0v) is 16.2. The summed E-state index contributed by atoms with van der Waals surface area (Å²) in [6.45, 7) is 5.19. The summed E-state index contributed by atoms with van der Waals surface area (Å²) < 4.78 is 10.8. The Hall–Kier alpha value is -2.12. The number of amides is 3. The molecule has 2 fully saturated rings. The van der Waals surface area contributed by atoms with Crippen molar-refractivity contribution in [3.8, 4) is 0 Å². The number of carbonyl (C=O) groups is 2. The van der Waals surface area contributed by atoms with E-state index in [1.165, 1.54) is 0 Å². The number of para-hydroxylation sites is 1. The van der Waals surface area contributed by atoms with Gasteiger partial charge in [-0.15, -0.1) is 0 Å². The van der Waals surface area contributed by atoms with Gasteiger partial charge in [-0.25, -0.2) is 4.79 Å². The minimum atomic E-state index is -0.440. The third-order valence-electron chi connectivity index (χ3n) is 5.44. The Bertz CT molecular complexity index is 673. The first-order valence-electron chi connectivity index (χ1n) is 9.54. The second kappa shape index (κ2) is 8.71. The van der Waals surface area contributed by atoms with E-state index in [0.717, 1.165) is 24.1 Å². The number of anilines is 1. The first-order chi connectivity index (χ1) is 13.1. The Kier molecular flexibility index (Phi) is 6.34. The third kappa shape index (κ3) is 4.42. The zero-order chi connectivity index (χ0) is 19.3. The van der Waals surface area contributed by atoms with Crippen molar-refractivity contribution in [2.45, 2.75) is 31.7 Å². The van der Waals surface area contributed by atoms with Gasteiger partial charge in [-0.2, -0.15) is 0 Å². The number of aryl methyl sites for hydroxylation is 1. The van der Waals surface area contributed by atoms with E-state index in [1.807, 2.05) is 36.1 Å². The lowest BCUT2D eigenvalue weighted by Gasteiger charge is -2.40. The highest BCUT2D eigenvalue weighted by atomic mass is 16.5. The number of ether oxygens (including phenoxy) is 2. The van der Waals surface area contributed by atoms with E-state index in [4.69, 9.17) is 9.47 Å². The average molecular weight is 375 g/mol. The highest BCUT2D eigenvalue weighted by molar-refractivity contribution is 5.91. The third-order valence-corrected chi connectivity index (χ3v) is 5.44. The van der Waals surface area contributed by atoms with E-state index >= 15 is 0 Å². The van der Waals surface area contributed by atoms with Crippen LogP contribution in [0.5, 0.6) is 0 Å². The van der Waals surface area contributed by atoms with Gasteiger partial charge >= 0.3 is 6.03 Å². The van der Waals surface area contributed by atoms with Crippen molar-refractivity contribution in [3.05, 3.63) is 29.8 Å². The first kappa shape index (κ1) is 19.6. The van der Waals surface area contributed by atoms with Gasteiger partial charge in [0.1, 0.15) is 0 Å². The lowest BCUT2D eigenvalue weighted by Crippen LogP contribution is -2.57. The van der Waals surface area contributed by atoms with Crippen LogP contribution >= 0.6 is 0 Å². The molecule has 27 heavy (non-hydrogen) atoms. The minimum absolute atomic E-state index is 0.0859. The Morgan fingerprint density at radius 1 is 1.37 bits per heavy atom. The molecule has 2 saturated heterocycles. The van der Waals surface area contributed by atoms with Gasteiger partial charge in [-0.05, 0) is 31.4 Å². The van der Waals surface area contributed by atoms with Crippen molar-refractivity contribution in [3.63, 3.8) is 0 Å². The molecule has 1 unspecified atom stereocenters. The van der Waals surface area contributed by atoms with E-state index < -0.39 is 5.54 Å². The molecule has 2 heterocycles. The summed E-state index contributed by atoms with van der Waals surface area (Å²) in [5.41, 5.74) is 1.37. The number of nitrogens with zero attached hydrogens (tertiary/aromatic N) is 2. The molecule has 0 radical (unpaired) electrons. The molecule has 1 aromatic carbocycles. The summed E-state index contributed by atoms with van der Waals surface area (Å²) >= 11 is 0. The van der Waals surface area contributed by atoms with Crippen molar-refractivity contribution >= 4 is 17.6 Å². The molecule has 2 aliphatic heterocycles. The van der Waals surface area contributed by atoms with Crippen LogP contribution in [0, 0.1) is 6.92 Å². The maximum Gasteiger partial charge on any atom is 0.321 e. The molecule has 1 spiro atoms. The summed E-state index contributed by atoms with van der Waals surface area (Å²) in [6, 6.07) is 7.53. The smallest absolute Gasteiger partial charge is 0.321 e. The van der Waals surface area contributed by atoms with Gasteiger partial charge in [0.25, 0.3) is 0 Å². The van der Waals surface area contributed by atoms with E-state index in [0.29, 0.717) is 45.9 Å². The van der Waals surface area contributed by atoms with E-state index in [9.17, 15) is 9.59 Å². The van der Waals surface area contributed by atoms with Crippen LogP contribution in [-0.2, 0) is 14.3 Å². The Morgan fingerprint density at radius 3 is 2.89 bits per heavy atom. The fourth-order valence-corrected chi connectivity index (χ4v) is 3.89. The van der Waals surface area contributed by atoms with Crippen LogP contribution in [0.2, 0.25) is 0 Å². The molecule has 7 heteroatoms. The van der Waals surface area contributed by atoms with Crippen LogP contribution in [-0.4, -0.2) is 73.8 Å². The predicted molar refractivity (Wildman–Crippen MR) is 103 cm³/mol. The van der Waals surface area contributed by atoms with Crippen molar-refractivity contribution < 1.29 is 19.1 Å². The highest BCUT2D eigenvalue weighted by Gasteiger charge is 2.46. The van der Waals surface area contributed by atoms with Crippen molar-refractivity contribution in [1.82, 2.24) is 9.80 Å². The van der Waals surface area contributed by atoms with Crippen LogP contribution in [0.15, 0.2) is 24.3 Å². The summed E-state index contributed by atoms with van der Waals surface area (Å²) in [5, 5.41) is 2.99. The molecule has 0 aliphatic carbocycles. The van der Waals surface area contributed by atoms with Crippen molar-refractivity contribution in [2.75, 3.05) is 51.9 Å². The number of urea groups is 1. The average Bonchev–Trinajstić information content (AvgIpc) is 3.07. The second-order valence-corrected chi connectivity index (χ2v) is 7.34. The standard InChI is InChI=1S/C20H29N3O4/c1-16-6-3-4-7-17(16)21-19(25)22-11-8-18(24)23(10-5-12-26-2)20(14-22)9-13-27-15-20/h3-4,6-7H,5,8-15H2,1-2H3,(H,21,25). The van der Waals surface area contributed by atoms with Gasteiger partial charge in [0.05, 0.1) is 12.1 Å². The van der Waals surface area contributed by atoms with Gasteiger partial charge in [0, 0.05) is 52.1 Å². The van der Waals surface area contributed by atoms with Crippen LogP contribution in [0.3, 0.4) is 0 Å². The van der Waals surface area contributed by atoms with Crippen molar-refractivity contribution in [2.24, 2.45) is 0 Å². The molecule has 2 aliphatic rings. The van der Waals surface area contributed by atoms with E-state index in [2.05, 4.69) is 5.32 Å². The Labute approximate surface area is 160 Å². The van der Waals surface area contributed by atoms with E-state index in [-0.39, 0.29) is 11.9 Å². The summed E-state index contributed by atoms with van der Waals surface area (Å²) in [4.78, 5) is 29.4. The molecule has 0 aromatic heterocycles. The van der Waals surface area contributed by atoms with Gasteiger partial charge < -0.3 is 24.6 Å². The first-order valence-corrected chi connectivity index (χ1v) is 9.54. The molecule has 3 rings (SSSR count). The molecule has 148 valence electrons. The topological polar surface area (TPSA) is 71.1 Å². The van der Waals surface area contributed by atoms with Crippen LogP contribution < -0.4 is 5.32 Å². The molecular weight excluding hydrogens is 346 g/mol. The summed E-state index contributed by atoms with van der Waals surface area (Å²) in [7, 11) is 1.66. The van der Waals surface area contributed by atoms with Gasteiger partial charge in [-0.1, -0.05) is 18.2 Å². The number of benzene rings is 1. The number of carbonyl (C=O) groups excluding carboxylic acids is 2. The lowest BCUT2D eigenvalue weighted by molar-refractivity contribution is -0.136. The number of rotatable bonds is 5. The van der Waals surface area contributed by atoms with E-state index in [1.54, 1.807) is 12.0 Å². The monoisotopic (exact) mass is 375 g/mol. The van der Waals surface area contributed by atoms with Crippen molar-refractivity contribution in [1.29, 1.82) is 0 Å². The fraction of sp³-hybridized carbons (Fsp3) is 0.600. The maximum absolute atomic E-state index is 12.9. The van der Waals surface area contributed by atoms with Crippen LogP contribution in [0.4, 0.5) is 10.5 Å². The van der Waals surface area contributed by atoms with Gasteiger partial charge in [0.2, 0.25) is 5.91 Å². The normalized spacial score (nSPS) is 23.0. The van der Waals surface area contributed by atoms with Crippen LogP contribution in [0.1, 0.15) is 24.8 Å². The Balaban J connectivity index is 1.75. The SMILES string of the molecule is COCCCN1C(=O)CCN(C(=O)Nc2ccccc2C)CC12CCOC2. The predicted octanol–water partition coefficient (Wildman–Crippen LogP) is 2.26. The molecule has 1 atom stereocenters. The molecule has 0 saturated carbocycles. The number of hydrogen-bond acceptors (Lipinski definition) is 4. The minimum Gasteiger partial charge on any atom is -0.385 e. The molecule has 1 N–H and O–H groups in total. The fourth-order valence-electron chi connectivity index (χ4n) is 3.89. The quantitative estimate of drug-likeness (QED) is 0.802. The van der Waals surface area contributed by atoms with Gasteiger partial charge in [0.15, 0.2) is 0 Å². The molecule has 0 bridgehead atoms. The zero-order valence-electron chi connectivity index (χ0n) is 16.2.